The third kappa shape index (κ3) is 1.42. The number of fused-ring (bicyclic) bond motifs is 1. The average molecular weight is 272 g/mol. The summed E-state index contributed by atoms with van der Waals surface area (Å²) < 4.78 is 19.7. The molecule has 2 nitrogen and oxygen atoms in total. The highest BCUT2D eigenvalue weighted by Crippen LogP contribution is 2.44. The van der Waals surface area contributed by atoms with E-state index in [4.69, 9.17) is 4.74 Å². The van der Waals surface area contributed by atoms with Crippen molar-refractivity contribution >= 4 is 21.6 Å². The summed E-state index contributed by atoms with van der Waals surface area (Å²) in [5.74, 6) is 0.369. The molecular weight excluding hydrogens is 261 g/mol. The molecule has 0 saturated heterocycles. The van der Waals surface area contributed by atoms with E-state index in [0.717, 1.165) is 25.1 Å². The number of halogens is 2. The predicted octanol–water partition coefficient (Wildman–Crippen LogP) is 3.32. The van der Waals surface area contributed by atoms with E-state index in [-0.39, 0.29) is 11.4 Å². The van der Waals surface area contributed by atoms with Crippen LogP contribution >= 0.6 is 15.9 Å². The van der Waals surface area contributed by atoms with Gasteiger partial charge in [-0.2, -0.15) is 0 Å². The molecule has 1 aliphatic heterocycles. The Balaban J connectivity index is 1.98. The van der Waals surface area contributed by atoms with Crippen LogP contribution in [0.3, 0.4) is 0 Å². The topological polar surface area (TPSA) is 21.3 Å². The minimum atomic E-state index is -0.271. The van der Waals surface area contributed by atoms with Gasteiger partial charge < -0.3 is 10.1 Å². The maximum atomic E-state index is 13.3. The van der Waals surface area contributed by atoms with E-state index >= 15 is 0 Å². The van der Waals surface area contributed by atoms with Gasteiger partial charge in [-0.1, -0.05) is 0 Å². The molecule has 1 aliphatic carbocycles. The lowest BCUT2D eigenvalue weighted by molar-refractivity contribution is -0.0000700. The number of rotatable bonds is 0. The fourth-order valence-corrected chi connectivity index (χ4v) is 2.47. The van der Waals surface area contributed by atoms with E-state index in [1.54, 1.807) is 6.07 Å². The summed E-state index contributed by atoms with van der Waals surface area (Å²) in [5.41, 5.74) is 0.814. The first-order chi connectivity index (χ1) is 7.19. The molecule has 1 aromatic rings. The zero-order chi connectivity index (χ0) is 10.5. The van der Waals surface area contributed by atoms with Gasteiger partial charge in [0.15, 0.2) is 0 Å². The van der Waals surface area contributed by atoms with E-state index in [9.17, 15) is 4.39 Å². The fourth-order valence-electron chi connectivity index (χ4n) is 2.13. The second-order valence-electron chi connectivity index (χ2n) is 4.25. The molecule has 2 aliphatic rings. The van der Waals surface area contributed by atoms with Crippen LogP contribution in [0.25, 0.3) is 0 Å². The standard InChI is InChI=1S/C11H11BrFNO/c12-7-4-9-10(5-8(7)13)15-11(6-14-9)2-1-3-11/h4-5,14H,1-3,6H2. The van der Waals surface area contributed by atoms with Crippen molar-refractivity contribution in [3.63, 3.8) is 0 Å². The van der Waals surface area contributed by atoms with E-state index < -0.39 is 0 Å². The summed E-state index contributed by atoms with van der Waals surface area (Å²) in [5, 5.41) is 3.30. The molecule has 1 saturated carbocycles. The zero-order valence-corrected chi connectivity index (χ0v) is 9.73. The zero-order valence-electron chi connectivity index (χ0n) is 8.15. The third-order valence-corrected chi connectivity index (χ3v) is 3.82. The van der Waals surface area contributed by atoms with Gasteiger partial charge in [0.1, 0.15) is 17.2 Å². The molecule has 1 aromatic carbocycles. The summed E-state index contributed by atoms with van der Waals surface area (Å²) in [6.45, 7) is 0.831. The van der Waals surface area contributed by atoms with Crippen molar-refractivity contribution in [2.75, 3.05) is 11.9 Å². The fraction of sp³-hybridized carbons (Fsp3) is 0.455. The molecule has 4 heteroatoms. The minimum absolute atomic E-state index is 0.0622. The summed E-state index contributed by atoms with van der Waals surface area (Å²) >= 11 is 3.16. The third-order valence-electron chi connectivity index (χ3n) is 3.21. The molecule has 1 heterocycles. The molecule has 0 aromatic heterocycles. The predicted molar refractivity (Wildman–Crippen MR) is 59.8 cm³/mol. The first-order valence-corrected chi connectivity index (χ1v) is 5.90. The summed E-state index contributed by atoms with van der Waals surface area (Å²) in [7, 11) is 0. The van der Waals surface area contributed by atoms with Crippen LogP contribution in [0.2, 0.25) is 0 Å². The molecule has 80 valence electrons. The van der Waals surface area contributed by atoms with Gasteiger partial charge in [0.2, 0.25) is 0 Å². The second-order valence-corrected chi connectivity index (χ2v) is 5.11. The molecular formula is C11H11BrFNO. The molecule has 1 spiro atoms. The van der Waals surface area contributed by atoms with E-state index in [1.807, 2.05) is 0 Å². The van der Waals surface area contributed by atoms with Crippen LogP contribution in [0.5, 0.6) is 5.75 Å². The van der Waals surface area contributed by atoms with Gasteiger partial charge in [0.25, 0.3) is 0 Å². The molecule has 0 bridgehead atoms. The van der Waals surface area contributed by atoms with E-state index in [2.05, 4.69) is 21.2 Å². The maximum Gasteiger partial charge on any atom is 0.146 e. The molecule has 0 amide bonds. The Labute approximate surface area is 95.9 Å². The van der Waals surface area contributed by atoms with Gasteiger partial charge in [-0.15, -0.1) is 0 Å². The number of nitrogens with one attached hydrogen (secondary N) is 1. The lowest BCUT2D eigenvalue weighted by atomic mass is 9.79. The van der Waals surface area contributed by atoms with Crippen molar-refractivity contribution in [3.05, 3.63) is 22.4 Å². The van der Waals surface area contributed by atoms with Crippen molar-refractivity contribution in [2.24, 2.45) is 0 Å². The minimum Gasteiger partial charge on any atom is -0.483 e. The maximum absolute atomic E-state index is 13.3. The monoisotopic (exact) mass is 271 g/mol. The van der Waals surface area contributed by atoms with Gasteiger partial charge in [-0.3, -0.25) is 0 Å². The molecule has 1 N–H and O–H groups in total. The van der Waals surface area contributed by atoms with Crippen LogP contribution in [0, 0.1) is 5.82 Å². The Morgan fingerprint density at radius 2 is 2.20 bits per heavy atom. The van der Waals surface area contributed by atoms with Crippen molar-refractivity contribution < 1.29 is 9.13 Å². The molecule has 0 unspecified atom stereocenters. The van der Waals surface area contributed by atoms with Crippen LogP contribution in [0.15, 0.2) is 16.6 Å². The Kier molecular flexibility index (Phi) is 1.96. The smallest absolute Gasteiger partial charge is 0.146 e. The van der Waals surface area contributed by atoms with E-state index in [1.165, 1.54) is 12.5 Å². The average Bonchev–Trinajstić information content (AvgIpc) is 2.17. The van der Waals surface area contributed by atoms with Crippen molar-refractivity contribution in [1.29, 1.82) is 0 Å². The van der Waals surface area contributed by atoms with Gasteiger partial charge in [-0.05, 0) is 41.3 Å². The first-order valence-electron chi connectivity index (χ1n) is 5.11. The number of hydrogen-bond acceptors (Lipinski definition) is 2. The normalized spacial score (nSPS) is 21.2. The highest BCUT2D eigenvalue weighted by atomic mass is 79.9. The van der Waals surface area contributed by atoms with Crippen molar-refractivity contribution in [2.45, 2.75) is 24.9 Å². The van der Waals surface area contributed by atoms with Gasteiger partial charge in [0, 0.05) is 6.07 Å². The van der Waals surface area contributed by atoms with Crippen molar-refractivity contribution in [1.82, 2.24) is 0 Å². The summed E-state index contributed by atoms with van der Waals surface area (Å²) in [6.07, 6.45) is 3.34. The SMILES string of the molecule is Fc1cc2c(cc1Br)NCC1(CCC1)O2. The molecule has 15 heavy (non-hydrogen) atoms. The lowest BCUT2D eigenvalue weighted by Gasteiger charge is -2.45. The Bertz CT molecular complexity index is 417. The van der Waals surface area contributed by atoms with Crippen LogP contribution < -0.4 is 10.1 Å². The lowest BCUT2D eigenvalue weighted by Crippen LogP contribution is -2.51. The molecule has 0 atom stereocenters. The summed E-state index contributed by atoms with van der Waals surface area (Å²) in [6, 6.07) is 3.18. The largest absolute Gasteiger partial charge is 0.483 e. The van der Waals surface area contributed by atoms with Gasteiger partial charge in [0.05, 0.1) is 16.7 Å². The number of anilines is 1. The highest BCUT2D eigenvalue weighted by Gasteiger charge is 2.42. The quantitative estimate of drug-likeness (QED) is 0.782. The van der Waals surface area contributed by atoms with Crippen LogP contribution in [-0.4, -0.2) is 12.1 Å². The van der Waals surface area contributed by atoms with Gasteiger partial charge in [-0.25, -0.2) is 4.39 Å². The van der Waals surface area contributed by atoms with Gasteiger partial charge >= 0.3 is 0 Å². The first kappa shape index (κ1) is 9.46. The molecule has 0 radical (unpaired) electrons. The number of benzene rings is 1. The number of hydrogen-bond donors (Lipinski definition) is 1. The summed E-state index contributed by atoms with van der Waals surface area (Å²) in [4.78, 5) is 0. The Morgan fingerprint density at radius 1 is 1.40 bits per heavy atom. The highest BCUT2D eigenvalue weighted by molar-refractivity contribution is 9.10. The van der Waals surface area contributed by atoms with E-state index in [0.29, 0.717) is 10.2 Å². The van der Waals surface area contributed by atoms with Crippen molar-refractivity contribution in [3.8, 4) is 5.75 Å². The Morgan fingerprint density at radius 3 is 2.87 bits per heavy atom. The molecule has 3 rings (SSSR count). The Hall–Kier alpha value is -0.770. The van der Waals surface area contributed by atoms with Crippen LogP contribution in [0.4, 0.5) is 10.1 Å². The molecule has 1 fully saturated rings. The van der Waals surface area contributed by atoms with Crippen LogP contribution in [-0.2, 0) is 0 Å². The number of ether oxygens (including phenoxy) is 1. The van der Waals surface area contributed by atoms with Crippen LogP contribution in [0.1, 0.15) is 19.3 Å². The second kappa shape index (κ2) is 3.11.